The molecule has 1 aliphatic carbocycles. The van der Waals surface area contributed by atoms with Gasteiger partial charge in [-0.25, -0.2) is 4.68 Å². The van der Waals surface area contributed by atoms with E-state index in [1.807, 2.05) is 36.2 Å². The van der Waals surface area contributed by atoms with Crippen molar-refractivity contribution in [1.29, 1.82) is 0 Å². The average Bonchev–Trinajstić information content (AvgIpc) is 3.58. The molecule has 2 heterocycles. The van der Waals surface area contributed by atoms with Crippen molar-refractivity contribution in [3.63, 3.8) is 0 Å². The van der Waals surface area contributed by atoms with Crippen molar-refractivity contribution in [2.24, 2.45) is 11.8 Å². The molecule has 30 heavy (non-hydrogen) atoms. The van der Waals surface area contributed by atoms with Gasteiger partial charge in [0.1, 0.15) is 0 Å². The molecular weight excluding hydrogens is 376 g/mol. The summed E-state index contributed by atoms with van der Waals surface area (Å²) in [5.41, 5.74) is 2.04. The number of piperidine rings is 1. The fourth-order valence-corrected chi connectivity index (χ4v) is 4.30. The highest BCUT2D eigenvalue weighted by atomic mass is 16.2. The number of anilines is 1. The summed E-state index contributed by atoms with van der Waals surface area (Å²) in [6, 6.07) is 11.9. The normalized spacial score (nSPS) is 19.0. The van der Waals surface area contributed by atoms with Crippen LogP contribution in [0.4, 0.5) is 5.69 Å². The lowest BCUT2D eigenvalue weighted by molar-refractivity contribution is -0.132. The molecule has 0 N–H and O–H groups in total. The van der Waals surface area contributed by atoms with E-state index < -0.39 is 0 Å². The smallest absolute Gasteiger partial charge is 0.268 e. The number of amides is 1. The zero-order valence-corrected chi connectivity index (χ0v) is 17.9. The van der Waals surface area contributed by atoms with Crippen molar-refractivity contribution in [2.75, 3.05) is 24.5 Å². The molecule has 1 saturated heterocycles. The molecule has 2 fully saturated rings. The largest absolute Gasteiger partial charge is 0.370 e. The number of carbonyl (C=O) groups is 1. The first kappa shape index (κ1) is 20.6. The summed E-state index contributed by atoms with van der Waals surface area (Å²) >= 11 is 0. The highest BCUT2D eigenvalue weighted by Gasteiger charge is 2.26. The van der Waals surface area contributed by atoms with Crippen LogP contribution in [0.2, 0.25) is 0 Å². The quantitative estimate of drug-likeness (QED) is 0.672. The van der Waals surface area contributed by atoms with Crippen LogP contribution < -0.4 is 10.5 Å². The van der Waals surface area contributed by atoms with Gasteiger partial charge in [0.25, 0.3) is 5.56 Å². The summed E-state index contributed by atoms with van der Waals surface area (Å²) in [4.78, 5) is 29.5. The Morgan fingerprint density at radius 2 is 1.97 bits per heavy atom. The van der Waals surface area contributed by atoms with Crippen LogP contribution in [-0.4, -0.2) is 40.2 Å². The van der Waals surface area contributed by atoms with E-state index in [1.165, 1.54) is 12.8 Å². The highest BCUT2D eigenvalue weighted by Crippen LogP contribution is 2.30. The maximum Gasteiger partial charge on any atom is 0.268 e. The molecule has 1 atom stereocenters. The summed E-state index contributed by atoms with van der Waals surface area (Å²) in [6.45, 7) is 5.88. The Morgan fingerprint density at radius 3 is 2.67 bits per heavy atom. The summed E-state index contributed by atoms with van der Waals surface area (Å²) in [7, 11) is 0. The number of nitrogens with zero attached hydrogens (tertiary/aromatic N) is 4. The second-order valence-corrected chi connectivity index (χ2v) is 8.73. The molecule has 1 amide bonds. The molecule has 1 saturated carbocycles. The van der Waals surface area contributed by atoms with Crippen LogP contribution in [-0.2, 0) is 17.9 Å². The van der Waals surface area contributed by atoms with E-state index in [2.05, 4.69) is 22.1 Å². The van der Waals surface area contributed by atoms with Crippen molar-refractivity contribution < 1.29 is 4.79 Å². The SMILES string of the molecule is CCN(Cc1ccccc1)C(=O)CC1CCCN(c2cnn(CC3CC3)c(=O)c2)C1. The molecule has 4 rings (SSSR count). The minimum atomic E-state index is -0.0161. The maximum atomic E-state index is 12.9. The van der Waals surface area contributed by atoms with E-state index in [4.69, 9.17) is 0 Å². The first-order valence-electron chi connectivity index (χ1n) is 11.3. The van der Waals surface area contributed by atoms with Crippen LogP contribution in [0.1, 0.15) is 44.6 Å². The number of benzene rings is 1. The van der Waals surface area contributed by atoms with Crippen molar-refractivity contribution in [2.45, 2.75) is 52.1 Å². The summed E-state index contributed by atoms with van der Waals surface area (Å²) in [5, 5.41) is 4.40. The second kappa shape index (κ2) is 9.45. The number of hydrogen-bond donors (Lipinski definition) is 0. The van der Waals surface area contributed by atoms with Gasteiger partial charge in [0.15, 0.2) is 0 Å². The van der Waals surface area contributed by atoms with Gasteiger partial charge >= 0.3 is 0 Å². The average molecular weight is 409 g/mol. The molecule has 1 aliphatic heterocycles. The van der Waals surface area contributed by atoms with Gasteiger partial charge in [-0.05, 0) is 50.0 Å². The third kappa shape index (κ3) is 5.29. The standard InChI is InChI=1S/C24H32N4O2/c1-2-26(16-19-7-4-3-5-8-19)23(29)13-21-9-6-12-27(17-21)22-14-24(30)28(25-15-22)18-20-10-11-20/h3-5,7-8,14-15,20-21H,2,6,9-13,16-18H2,1H3. The van der Waals surface area contributed by atoms with Crippen LogP contribution in [0.15, 0.2) is 47.4 Å². The van der Waals surface area contributed by atoms with Gasteiger partial charge < -0.3 is 9.80 Å². The summed E-state index contributed by atoms with van der Waals surface area (Å²) < 4.78 is 1.59. The zero-order chi connectivity index (χ0) is 20.9. The fraction of sp³-hybridized carbons (Fsp3) is 0.542. The Hall–Kier alpha value is -2.63. The number of aromatic nitrogens is 2. The number of carbonyl (C=O) groups excluding carboxylic acids is 1. The highest BCUT2D eigenvalue weighted by molar-refractivity contribution is 5.76. The van der Waals surface area contributed by atoms with Crippen molar-refractivity contribution in [3.8, 4) is 0 Å². The van der Waals surface area contributed by atoms with Crippen LogP contribution >= 0.6 is 0 Å². The first-order chi connectivity index (χ1) is 14.6. The molecule has 0 spiro atoms. The Balaban J connectivity index is 1.35. The van der Waals surface area contributed by atoms with Gasteiger partial charge in [-0.1, -0.05) is 30.3 Å². The lowest BCUT2D eigenvalue weighted by Gasteiger charge is -2.34. The minimum absolute atomic E-state index is 0.0161. The van der Waals surface area contributed by atoms with E-state index in [0.29, 0.717) is 31.3 Å². The molecular formula is C24H32N4O2. The summed E-state index contributed by atoms with van der Waals surface area (Å²) in [5.74, 6) is 1.15. The van der Waals surface area contributed by atoms with Crippen molar-refractivity contribution in [1.82, 2.24) is 14.7 Å². The van der Waals surface area contributed by atoms with Crippen LogP contribution in [0.25, 0.3) is 0 Å². The van der Waals surface area contributed by atoms with E-state index in [-0.39, 0.29) is 11.5 Å². The molecule has 1 unspecified atom stereocenters. The molecule has 6 nitrogen and oxygen atoms in total. The minimum Gasteiger partial charge on any atom is -0.370 e. The van der Waals surface area contributed by atoms with Crippen LogP contribution in [0.3, 0.4) is 0 Å². The molecule has 1 aromatic carbocycles. The number of rotatable bonds is 8. The van der Waals surface area contributed by atoms with Gasteiger partial charge in [0.05, 0.1) is 11.9 Å². The lowest BCUT2D eigenvalue weighted by Crippen LogP contribution is -2.39. The van der Waals surface area contributed by atoms with E-state index in [0.717, 1.165) is 43.7 Å². The van der Waals surface area contributed by atoms with Gasteiger partial charge in [-0.3, -0.25) is 9.59 Å². The molecule has 0 bridgehead atoms. The third-order valence-corrected chi connectivity index (χ3v) is 6.28. The predicted octanol–water partition coefficient (Wildman–Crippen LogP) is 3.31. The van der Waals surface area contributed by atoms with E-state index in [1.54, 1.807) is 10.7 Å². The molecule has 2 aliphatic rings. The Labute approximate surface area is 178 Å². The van der Waals surface area contributed by atoms with E-state index in [9.17, 15) is 9.59 Å². The van der Waals surface area contributed by atoms with Gasteiger partial charge in [-0.15, -0.1) is 0 Å². The molecule has 6 heteroatoms. The zero-order valence-electron chi connectivity index (χ0n) is 17.9. The third-order valence-electron chi connectivity index (χ3n) is 6.28. The van der Waals surface area contributed by atoms with Gasteiger partial charge in [0.2, 0.25) is 5.91 Å². The van der Waals surface area contributed by atoms with Gasteiger partial charge in [-0.2, -0.15) is 5.10 Å². The lowest BCUT2D eigenvalue weighted by atomic mass is 9.94. The summed E-state index contributed by atoms with van der Waals surface area (Å²) in [6.07, 6.45) is 6.88. The molecule has 2 aromatic rings. The Morgan fingerprint density at radius 1 is 1.17 bits per heavy atom. The molecule has 0 radical (unpaired) electrons. The van der Waals surface area contributed by atoms with Crippen molar-refractivity contribution >= 4 is 11.6 Å². The molecule has 160 valence electrons. The topological polar surface area (TPSA) is 58.4 Å². The van der Waals surface area contributed by atoms with Gasteiger partial charge in [0, 0.05) is 45.2 Å². The Bertz CT molecular complexity index is 907. The Kier molecular flexibility index (Phi) is 6.50. The van der Waals surface area contributed by atoms with E-state index >= 15 is 0 Å². The first-order valence-corrected chi connectivity index (χ1v) is 11.3. The fourth-order valence-electron chi connectivity index (χ4n) is 4.30. The van der Waals surface area contributed by atoms with Crippen molar-refractivity contribution in [3.05, 3.63) is 58.5 Å². The predicted molar refractivity (Wildman–Crippen MR) is 118 cm³/mol. The maximum absolute atomic E-state index is 12.9. The van der Waals surface area contributed by atoms with Crippen LogP contribution in [0, 0.1) is 11.8 Å². The second-order valence-electron chi connectivity index (χ2n) is 8.73. The van der Waals surface area contributed by atoms with Crippen LogP contribution in [0.5, 0.6) is 0 Å². The number of hydrogen-bond acceptors (Lipinski definition) is 4. The molecule has 1 aromatic heterocycles. The monoisotopic (exact) mass is 408 g/mol.